The van der Waals surface area contributed by atoms with E-state index in [2.05, 4.69) is 11.7 Å². The van der Waals surface area contributed by atoms with Crippen molar-refractivity contribution < 1.29 is 9.59 Å². The van der Waals surface area contributed by atoms with Crippen molar-refractivity contribution in [1.29, 1.82) is 0 Å². The normalized spacial score (nSPS) is 17.1. The number of nitrogens with zero attached hydrogens (tertiary/aromatic N) is 3. The van der Waals surface area contributed by atoms with Crippen molar-refractivity contribution in [2.45, 2.75) is 18.9 Å². The van der Waals surface area contributed by atoms with E-state index in [0.29, 0.717) is 29.4 Å². The van der Waals surface area contributed by atoms with Gasteiger partial charge in [0.15, 0.2) is 0 Å². The van der Waals surface area contributed by atoms with Crippen LogP contribution in [0.2, 0.25) is 5.02 Å². The number of anilines is 1. The van der Waals surface area contributed by atoms with Gasteiger partial charge in [-0.25, -0.2) is 4.68 Å². The van der Waals surface area contributed by atoms with Crippen LogP contribution in [0.5, 0.6) is 0 Å². The van der Waals surface area contributed by atoms with Crippen molar-refractivity contribution in [3.63, 3.8) is 0 Å². The number of amides is 2. The van der Waals surface area contributed by atoms with E-state index in [1.165, 1.54) is 6.08 Å². The average Bonchev–Trinajstić information content (AvgIpc) is 2.99. The van der Waals surface area contributed by atoms with Crippen molar-refractivity contribution in [2.75, 3.05) is 18.8 Å². The summed E-state index contributed by atoms with van der Waals surface area (Å²) < 4.78 is 1.60. The smallest absolute Gasteiger partial charge is 0.254 e. The highest BCUT2D eigenvalue weighted by atomic mass is 35.5. The number of piperidine rings is 1. The van der Waals surface area contributed by atoms with Crippen LogP contribution in [0.3, 0.4) is 0 Å². The summed E-state index contributed by atoms with van der Waals surface area (Å²) in [5.41, 5.74) is 13.0. The van der Waals surface area contributed by atoms with Crippen LogP contribution in [0.1, 0.15) is 29.2 Å². The lowest BCUT2D eigenvalue weighted by Crippen LogP contribution is -2.40. The van der Waals surface area contributed by atoms with Crippen LogP contribution in [0, 0.1) is 0 Å². The molecule has 0 radical (unpaired) electrons. The number of hydrogen-bond acceptors (Lipinski definition) is 4. The molecule has 26 heavy (non-hydrogen) atoms. The minimum absolute atomic E-state index is 0.131. The van der Waals surface area contributed by atoms with Crippen molar-refractivity contribution in [1.82, 2.24) is 14.7 Å². The van der Waals surface area contributed by atoms with E-state index in [4.69, 9.17) is 23.1 Å². The number of hydrogen-bond donors (Lipinski definition) is 2. The SMILES string of the molecule is C=CC(=O)N1CCCC(n2nc(-c3ccc(Cl)cc3)c(C(N)=O)c2N)C1. The monoisotopic (exact) mass is 373 g/mol. The standard InChI is InChI=1S/C18H20ClN5O2/c1-2-14(25)23-9-3-4-13(10-23)24-17(20)15(18(21)26)16(22-24)11-5-7-12(19)8-6-11/h2,5-8,13H,1,3-4,9-10,20H2,(H2,21,26). The zero-order valence-corrected chi connectivity index (χ0v) is 14.9. The number of nitrogens with two attached hydrogens (primary N) is 2. The first kappa shape index (κ1) is 18.0. The Hall–Kier alpha value is -2.80. The third-order valence-electron chi connectivity index (χ3n) is 4.54. The van der Waals surface area contributed by atoms with Crippen LogP contribution in [-0.2, 0) is 4.79 Å². The number of primary amides is 1. The molecular weight excluding hydrogens is 354 g/mol. The molecule has 1 aromatic heterocycles. The fourth-order valence-electron chi connectivity index (χ4n) is 3.26. The Kier molecular flexibility index (Phi) is 4.99. The van der Waals surface area contributed by atoms with Gasteiger partial charge in [-0.1, -0.05) is 30.3 Å². The largest absolute Gasteiger partial charge is 0.383 e. The first-order chi connectivity index (χ1) is 12.4. The van der Waals surface area contributed by atoms with E-state index in [1.807, 2.05) is 0 Å². The second-order valence-electron chi connectivity index (χ2n) is 6.21. The van der Waals surface area contributed by atoms with Crippen LogP contribution in [0.25, 0.3) is 11.3 Å². The van der Waals surface area contributed by atoms with Gasteiger partial charge in [0.2, 0.25) is 5.91 Å². The van der Waals surface area contributed by atoms with Crippen molar-refractivity contribution in [2.24, 2.45) is 5.73 Å². The molecule has 1 atom stereocenters. The van der Waals surface area contributed by atoms with Crippen LogP contribution < -0.4 is 11.5 Å². The predicted molar refractivity (Wildman–Crippen MR) is 101 cm³/mol. The van der Waals surface area contributed by atoms with Crippen molar-refractivity contribution in [3.05, 3.63) is 47.5 Å². The zero-order valence-electron chi connectivity index (χ0n) is 14.2. The summed E-state index contributed by atoms with van der Waals surface area (Å²) in [4.78, 5) is 25.6. The van der Waals surface area contributed by atoms with E-state index in [1.54, 1.807) is 33.8 Å². The number of carbonyl (C=O) groups is 2. The van der Waals surface area contributed by atoms with Gasteiger partial charge < -0.3 is 16.4 Å². The Morgan fingerprint density at radius 2 is 2.00 bits per heavy atom. The second kappa shape index (κ2) is 7.21. The summed E-state index contributed by atoms with van der Waals surface area (Å²) in [5.74, 6) is -0.567. The first-order valence-corrected chi connectivity index (χ1v) is 8.65. The highest BCUT2D eigenvalue weighted by Gasteiger charge is 2.29. The maximum atomic E-state index is 12.0. The molecule has 3 rings (SSSR count). The molecule has 136 valence electrons. The van der Waals surface area contributed by atoms with Gasteiger partial charge in [0, 0.05) is 23.7 Å². The number of benzene rings is 1. The predicted octanol–water partition coefficient (Wildman–Crippen LogP) is 2.23. The molecule has 2 amide bonds. The fourth-order valence-corrected chi connectivity index (χ4v) is 3.39. The quantitative estimate of drug-likeness (QED) is 0.801. The Balaban J connectivity index is 2.02. The van der Waals surface area contributed by atoms with Gasteiger partial charge >= 0.3 is 0 Å². The molecule has 0 saturated carbocycles. The number of carbonyl (C=O) groups excluding carboxylic acids is 2. The Morgan fingerprint density at radius 1 is 1.31 bits per heavy atom. The molecular formula is C18H20ClN5O2. The third-order valence-corrected chi connectivity index (χ3v) is 4.79. The zero-order chi connectivity index (χ0) is 18.8. The molecule has 7 nitrogen and oxygen atoms in total. The third kappa shape index (κ3) is 3.30. The summed E-state index contributed by atoms with van der Waals surface area (Å²) in [6.07, 6.45) is 2.90. The van der Waals surface area contributed by atoms with Gasteiger partial charge in [0.05, 0.1) is 6.04 Å². The highest BCUT2D eigenvalue weighted by molar-refractivity contribution is 6.30. The van der Waals surface area contributed by atoms with E-state index in [0.717, 1.165) is 12.8 Å². The van der Waals surface area contributed by atoms with Gasteiger partial charge in [-0.2, -0.15) is 5.10 Å². The summed E-state index contributed by atoms with van der Waals surface area (Å²) in [5, 5.41) is 5.13. The summed E-state index contributed by atoms with van der Waals surface area (Å²) in [6.45, 7) is 4.64. The Bertz CT molecular complexity index is 859. The number of nitrogen functional groups attached to an aromatic ring is 1. The van der Waals surface area contributed by atoms with Crippen molar-refractivity contribution in [3.8, 4) is 11.3 Å². The van der Waals surface area contributed by atoms with Crippen molar-refractivity contribution >= 4 is 29.2 Å². The lowest BCUT2D eigenvalue weighted by Gasteiger charge is -2.32. The molecule has 8 heteroatoms. The first-order valence-electron chi connectivity index (χ1n) is 8.27. The molecule has 1 saturated heterocycles. The Labute approximate surface area is 156 Å². The molecule has 1 aliphatic rings. The molecule has 1 fully saturated rings. The minimum Gasteiger partial charge on any atom is -0.383 e. The minimum atomic E-state index is -0.645. The van der Waals surface area contributed by atoms with Crippen LogP contribution >= 0.6 is 11.6 Å². The molecule has 0 spiro atoms. The molecule has 4 N–H and O–H groups in total. The molecule has 2 aromatic rings. The lowest BCUT2D eigenvalue weighted by atomic mass is 10.1. The van der Waals surface area contributed by atoms with E-state index < -0.39 is 5.91 Å². The lowest BCUT2D eigenvalue weighted by molar-refractivity contribution is -0.127. The van der Waals surface area contributed by atoms with Gasteiger partial charge in [0.25, 0.3) is 5.91 Å². The van der Waals surface area contributed by atoms with Crippen LogP contribution in [-0.4, -0.2) is 39.6 Å². The van der Waals surface area contributed by atoms with Crippen LogP contribution in [0.15, 0.2) is 36.9 Å². The highest BCUT2D eigenvalue weighted by Crippen LogP contribution is 2.32. The summed E-state index contributed by atoms with van der Waals surface area (Å²) in [7, 11) is 0. The maximum absolute atomic E-state index is 12.0. The van der Waals surface area contributed by atoms with Gasteiger partial charge in [-0.05, 0) is 31.1 Å². The topological polar surface area (TPSA) is 107 Å². The molecule has 1 aliphatic heterocycles. The van der Waals surface area contributed by atoms with E-state index >= 15 is 0 Å². The number of likely N-dealkylation sites (tertiary alicyclic amines) is 1. The van der Waals surface area contributed by atoms with Gasteiger partial charge in [-0.3, -0.25) is 9.59 Å². The number of halogens is 1. The molecule has 2 heterocycles. The van der Waals surface area contributed by atoms with E-state index in [9.17, 15) is 9.59 Å². The van der Waals surface area contributed by atoms with Gasteiger partial charge in [0.1, 0.15) is 17.1 Å². The molecule has 0 aliphatic carbocycles. The maximum Gasteiger partial charge on any atom is 0.254 e. The number of rotatable bonds is 4. The molecule has 0 bridgehead atoms. The summed E-state index contributed by atoms with van der Waals surface area (Å²) in [6, 6.07) is 6.81. The Morgan fingerprint density at radius 3 is 2.62 bits per heavy atom. The molecule has 1 aromatic carbocycles. The average molecular weight is 374 g/mol. The van der Waals surface area contributed by atoms with Crippen LogP contribution in [0.4, 0.5) is 5.82 Å². The van der Waals surface area contributed by atoms with E-state index in [-0.39, 0.29) is 23.3 Å². The number of aromatic nitrogens is 2. The fraction of sp³-hybridized carbons (Fsp3) is 0.278. The summed E-state index contributed by atoms with van der Waals surface area (Å²) >= 11 is 5.93. The molecule has 1 unspecified atom stereocenters. The van der Waals surface area contributed by atoms with Gasteiger partial charge in [-0.15, -0.1) is 0 Å². The second-order valence-corrected chi connectivity index (χ2v) is 6.65.